The van der Waals surface area contributed by atoms with Crippen LogP contribution >= 0.6 is 11.8 Å². The summed E-state index contributed by atoms with van der Waals surface area (Å²) in [5, 5.41) is 9.19. The molecule has 0 saturated heterocycles. The molecule has 2 aromatic rings. The second-order valence-corrected chi connectivity index (χ2v) is 5.10. The van der Waals surface area contributed by atoms with Gasteiger partial charge in [0, 0.05) is 11.9 Å². The zero-order valence-corrected chi connectivity index (χ0v) is 11.4. The van der Waals surface area contributed by atoms with Crippen LogP contribution in [0.2, 0.25) is 0 Å². The summed E-state index contributed by atoms with van der Waals surface area (Å²) >= 11 is 1.07. The summed E-state index contributed by atoms with van der Waals surface area (Å²) in [4.78, 5) is 14.7. The molecule has 0 unspecified atom stereocenters. The standard InChI is InChI=1S/C13H13FN2O2S/c1-8-3-4-10(14)11(5-8)16-9(2)6-15-13(16)19-7-12(17)18/h3-6H,7H2,1-2H3,(H,17,18). The Hall–Kier alpha value is -1.82. The third kappa shape index (κ3) is 2.96. The van der Waals surface area contributed by atoms with E-state index in [9.17, 15) is 9.18 Å². The quantitative estimate of drug-likeness (QED) is 0.875. The molecule has 0 amide bonds. The molecule has 19 heavy (non-hydrogen) atoms. The van der Waals surface area contributed by atoms with Crippen molar-refractivity contribution in [2.24, 2.45) is 0 Å². The fourth-order valence-corrected chi connectivity index (χ4v) is 2.48. The molecule has 0 aliphatic carbocycles. The Balaban J connectivity index is 2.46. The SMILES string of the molecule is Cc1ccc(F)c(-n2c(C)cnc2SCC(=O)O)c1. The maximum absolute atomic E-state index is 13.9. The van der Waals surface area contributed by atoms with Gasteiger partial charge in [-0.3, -0.25) is 9.36 Å². The van der Waals surface area contributed by atoms with Gasteiger partial charge in [0.1, 0.15) is 5.82 Å². The summed E-state index contributed by atoms with van der Waals surface area (Å²) in [6.07, 6.45) is 1.60. The molecule has 0 atom stereocenters. The van der Waals surface area contributed by atoms with Gasteiger partial charge in [0.05, 0.1) is 11.4 Å². The highest BCUT2D eigenvalue weighted by atomic mass is 32.2. The number of aryl methyl sites for hydroxylation is 2. The van der Waals surface area contributed by atoms with Crippen molar-refractivity contribution in [1.29, 1.82) is 0 Å². The maximum atomic E-state index is 13.9. The molecule has 0 fully saturated rings. The molecule has 1 heterocycles. The maximum Gasteiger partial charge on any atom is 0.313 e. The van der Waals surface area contributed by atoms with E-state index < -0.39 is 5.97 Å². The van der Waals surface area contributed by atoms with Crippen molar-refractivity contribution >= 4 is 17.7 Å². The predicted octanol–water partition coefficient (Wildman–Crippen LogP) is 2.80. The molecule has 6 heteroatoms. The van der Waals surface area contributed by atoms with E-state index in [4.69, 9.17) is 5.11 Å². The normalized spacial score (nSPS) is 10.7. The molecule has 100 valence electrons. The van der Waals surface area contributed by atoms with Crippen LogP contribution in [-0.4, -0.2) is 26.4 Å². The first-order valence-electron chi connectivity index (χ1n) is 5.64. The van der Waals surface area contributed by atoms with Gasteiger partial charge < -0.3 is 5.11 Å². The second-order valence-electron chi connectivity index (χ2n) is 4.15. The van der Waals surface area contributed by atoms with Crippen LogP contribution in [0.5, 0.6) is 0 Å². The Morgan fingerprint density at radius 2 is 2.21 bits per heavy atom. The number of aromatic nitrogens is 2. The minimum atomic E-state index is -0.929. The molecule has 0 spiro atoms. The molecule has 1 aromatic heterocycles. The molecular formula is C13H13FN2O2S. The summed E-state index contributed by atoms with van der Waals surface area (Å²) in [6.45, 7) is 3.68. The van der Waals surface area contributed by atoms with Crippen molar-refractivity contribution in [3.8, 4) is 5.69 Å². The van der Waals surface area contributed by atoms with Gasteiger partial charge in [-0.25, -0.2) is 9.37 Å². The first kappa shape index (κ1) is 13.6. The largest absolute Gasteiger partial charge is 0.481 e. The number of carbonyl (C=O) groups is 1. The smallest absolute Gasteiger partial charge is 0.313 e. The fraction of sp³-hybridized carbons (Fsp3) is 0.231. The van der Waals surface area contributed by atoms with Gasteiger partial charge in [-0.2, -0.15) is 0 Å². The third-order valence-corrected chi connectivity index (χ3v) is 3.51. The van der Waals surface area contributed by atoms with Crippen molar-refractivity contribution in [3.63, 3.8) is 0 Å². The molecule has 0 aliphatic rings. The first-order valence-corrected chi connectivity index (χ1v) is 6.63. The van der Waals surface area contributed by atoms with Crippen LogP contribution in [0.3, 0.4) is 0 Å². The number of aliphatic carboxylic acids is 1. The average molecular weight is 280 g/mol. The Morgan fingerprint density at radius 1 is 1.47 bits per heavy atom. The van der Waals surface area contributed by atoms with Crippen molar-refractivity contribution in [1.82, 2.24) is 9.55 Å². The molecule has 2 rings (SSSR count). The number of carboxylic acid groups (broad SMARTS) is 1. The third-order valence-electron chi connectivity index (χ3n) is 2.57. The number of benzene rings is 1. The van der Waals surface area contributed by atoms with E-state index in [1.165, 1.54) is 6.07 Å². The van der Waals surface area contributed by atoms with Crippen molar-refractivity contribution in [3.05, 3.63) is 41.5 Å². The first-order chi connectivity index (χ1) is 8.99. The van der Waals surface area contributed by atoms with Crippen molar-refractivity contribution in [2.45, 2.75) is 19.0 Å². The van der Waals surface area contributed by atoms with Crippen LogP contribution in [-0.2, 0) is 4.79 Å². The van der Waals surface area contributed by atoms with Crippen molar-refractivity contribution < 1.29 is 14.3 Å². The predicted molar refractivity (Wildman–Crippen MR) is 71.4 cm³/mol. The number of halogens is 1. The highest BCUT2D eigenvalue weighted by Gasteiger charge is 2.14. The summed E-state index contributed by atoms with van der Waals surface area (Å²) in [6, 6.07) is 4.81. The van der Waals surface area contributed by atoms with Crippen LogP contribution in [0.1, 0.15) is 11.3 Å². The van der Waals surface area contributed by atoms with E-state index in [1.54, 1.807) is 29.8 Å². The van der Waals surface area contributed by atoms with Gasteiger partial charge in [0.2, 0.25) is 0 Å². The lowest BCUT2D eigenvalue weighted by atomic mass is 10.2. The lowest BCUT2D eigenvalue weighted by Gasteiger charge is -2.11. The highest BCUT2D eigenvalue weighted by Crippen LogP contribution is 2.25. The summed E-state index contributed by atoms with van der Waals surface area (Å²) in [5.74, 6) is -1.39. The Morgan fingerprint density at radius 3 is 2.89 bits per heavy atom. The van der Waals surface area contributed by atoms with Gasteiger partial charge in [-0.1, -0.05) is 17.8 Å². The molecule has 1 aromatic carbocycles. The molecule has 0 radical (unpaired) electrons. The van der Waals surface area contributed by atoms with Gasteiger partial charge in [-0.15, -0.1) is 0 Å². The topological polar surface area (TPSA) is 55.1 Å². The zero-order chi connectivity index (χ0) is 14.0. The molecule has 4 nitrogen and oxygen atoms in total. The van der Waals surface area contributed by atoms with E-state index in [-0.39, 0.29) is 11.6 Å². The van der Waals surface area contributed by atoms with Crippen molar-refractivity contribution in [2.75, 3.05) is 5.75 Å². The second kappa shape index (κ2) is 5.44. The van der Waals surface area contributed by atoms with Gasteiger partial charge in [0.25, 0.3) is 0 Å². The minimum absolute atomic E-state index is 0.107. The Bertz CT molecular complexity index is 625. The molecule has 1 N–H and O–H groups in total. The fourth-order valence-electron chi connectivity index (χ4n) is 1.73. The number of hydrogen-bond acceptors (Lipinski definition) is 3. The number of hydrogen-bond donors (Lipinski definition) is 1. The van der Waals surface area contributed by atoms with Gasteiger partial charge in [0.15, 0.2) is 5.16 Å². The van der Waals surface area contributed by atoms with Crippen LogP contribution in [0, 0.1) is 19.7 Å². The number of nitrogens with zero attached hydrogens (tertiary/aromatic N) is 2. The number of rotatable bonds is 4. The molecule has 0 bridgehead atoms. The Kier molecular flexibility index (Phi) is 3.90. The minimum Gasteiger partial charge on any atom is -0.481 e. The monoisotopic (exact) mass is 280 g/mol. The van der Waals surface area contributed by atoms with E-state index in [0.29, 0.717) is 10.8 Å². The van der Waals surface area contributed by atoms with Gasteiger partial charge >= 0.3 is 5.97 Å². The Labute approximate surface area is 114 Å². The van der Waals surface area contributed by atoms with Gasteiger partial charge in [-0.05, 0) is 31.5 Å². The number of thioether (sulfide) groups is 1. The summed E-state index contributed by atoms with van der Waals surface area (Å²) in [7, 11) is 0. The summed E-state index contributed by atoms with van der Waals surface area (Å²) in [5.41, 5.74) is 2.08. The van der Waals surface area contributed by atoms with E-state index in [2.05, 4.69) is 4.98 Å². The van der Waals surface area contributed by atoms with E-state index in [1.807, 2.05) is 6.92 Å². The molecular weight excluding hydrogens is 267 g/mol. The van der Waals surface area contributed by atoms with Crippen LogP contribution in [0.15, 0.2) is 29.6 Å². The lowest BCUT2D eigenvalue weighted by Crippen LogP contribution is -2.05. The number of carboxylic acids is 1. The van der Waals surface area contributed by atoms with Crippen LogP contribution in [0.4, 0.5) is 4.39 Å². The van der Waals surface area contributed by atoms with E-state index >= 15 is 0 Å². The average Bonchev–Trinajstić information content (AvgIpc) is 2.71. The van der Waals surface area contributed by atoms with Crippen LogP contribution < -0.4 is 0 Å². The number of imidazole rings is 1. The van der Waals surface area contributed by atoms with E-state index in [0.717, 1.165) is 23.0 Å². The van der Waals surface area contributed by atoms with Crippen LogP contribution in [0.25, 0.3) is 5.69 Å². The zero-order valence-electron chi connectivity index (χ0n) is 10.6. The lowest BCUT2D eigenvalue weighted by molar-refractivity contribution is -0.133. The molecule has 0 aliphatic heterocycles. The highest BCUT2D eigenvalue weighted by molar-refractivity contribution is 7.99. The molecule has 0 saturated carbocycles. The summed E-state index contributed by atoms with van der Waals surface area (Å²) < 4.78 is 15.6.